The molecule has 0 bridgehead atoms. The number of fused-ring (bicyclic) bond motifs is 1. The Balaban J connectivity index is 2.44. The highest BCUT2D eigenvalue weighted by atomic mass is 32.2. The smallest absolute Gasteiger partial charge is 0.282 e. The number of hydrogen-bond acceptors (Lipinski definition) is 3. The maximum atomic E-state index is 11.9. The Bertz CT molecular complexity index is 623. The van der Waals surface area contributed by atoms with E-state index in [1.807, 2.05) is 17.8 Å². The van der Waals surface area contributed by atoms with Crippen molar-refractivity contribution in [1.29, 1.82) is 0 Å². The minimum Gasteiger partial charge on any atom is -0.282 e. The van der Waals surface area contributed by atoms with E-state index in [1.165, 1.54) is 17.5 Å². The molecule has 5 heteroatoms. The zero-order valence-corrected chi connectivity index (χ0v) is 15.8. The van der Waals surface area contributed by atoms with Gasteiger partial charge in [0.2, 0.25) is 0 Å². The highest BCUT2D eigenvalue weighted by Crippen LogP contribution is 2.42. The SMILES string of the molecule is CCCCCC(CCCC)c1c(S(=O)(=O)O)ccc2c1CSC2. The molecule has 1 aromatic rings. The van der Waals surface area contributed by atoms with Gasteiger partial charge in [0.15, 0.2) is 0 Å². The quantitative estimate of drug-likeness (QED) is 0.466. The van der Waals surface area contributed by atoms with Gasteiger partial charge in [-0.25, -0.2) is 0 Å². The van der Waals surface area contributed by atoms with Gasteiger partial charge in [-0.15, -0.1) is 0 Å². The summed E-state index contributed by atoms with van der Waals surface area (Å²) in [6.45, 7) is 4.35. The summed E-state index contributed by atoms with van der Waals surface area (Å²) in [6.07, 6.45) is 7.67. The maximum Gasteiger partial charge on any atom is 0.294 e. The van der Waals surface area contributed by atoms with Crippen LogP contribution in [0.1, 0.15) is 81.4 Å². The first kappa shape index (κ1) is 18.8. The van der Waals surface area contributed by atoms with Gasteiger partial charge in [-0.2, -0.15) is 20.2 Å². The van der Waals surface area contributed by atoms with Crippen LogP contribution in [0.5, 0.6) is 0 Å². The van der Waals surface area contributed by atoms with E-state index >= 15 is 0 Å². The Morgan fingerprint density at radius 1 is 1.09 bits per heavy atom. The summed E-state index contributed by atoms with van der Waals surface area (Å²) in [5, 5.41) is 0. The molecule has 1 heterocycles. The molecule has 0 saturated carbocycles. The molecule has 0 fully saturated rings. The van der Waals surface area contributed by atoms with Crippen LogP contribution < -0.4 is 0 Å². The molecule has 1 aromatic carbocycles. The van der Waals surface area contributed by atoms with Crippen LogP contribution in [0, 0.1) is 0 Å². The molecule has 3 nitrogen and oxygen atoms in total. The Morgan fingerprint density at radius 2 is 1.78 bits per heavy atom. The average molecular weight is 357 g/mol. The molecule has 0 aliphatic carbocycles. The van der Waals surface area contributed by atoms with Crippen LogP contribution >= 0.6 is 11.8 Å². The predicted octanol–water partition coefficient (Wildman–Crippen LogP) is 5.53. The topological polar surface area (TPSA) is 54.4 Å². The molecule has 1 unspecified atom stereocenters. The second-order valence-corrected chi connectivity index (χ2v) is 8.79. The summed E-state index contributed by atoms with van der Waals surface area (Å²) in [6, 6.07) is 3.50. The van der Waals surface area contributed by atoms with E-state index in [2.05, 4.69) is 13.8 Å². The Labute approximate surface area is 145 Å². The summed E-state index contributed by atoms with van der Waals surface area (Å²) in [7, 11) is -4.16. The van der Waals surface area contributed by atoms with Gasteiger partial charge in [-0.3, -0.25) is 4.55 Å². The summed E-state index contributed by atoms with van der Waals surface area (Å²) >= 11 is 1.83. The number of thioether (sulfide) groups is 1. The number of rotatable bonds is 9. The van der Waals surface area contributed by atoms with Crippen LogP contribution in [0.4, 0.5) is 0 Å². The zero-order valence-electron chi connectivity index (χ0n) is 14.2. The van der Waals surface area contributed by atoms with Gasteiger partial charge < -0.3 is 0 Å². The van der Waals surface area contributed by atoms with Crippen LogP contribution in [-0.4, -0.2) is 13.0 Å². The molecular formula is C18H28O3S2. The second kappa shape index (κ2) is 8.54. The molecule has 0 radical (unpaired) electrons. The van der Waals surface area contributed by atoms with Gasteiger partial charge in [0.1, 0.15) is 0 Å². The van der Waals surface area contributed by atoms with E-state index in [9.17, 15) is 13.0 Å². The molecule has 1 aliphatic rings. The number of unbranched alkanes of at least 4 members (excludes halogenated alkanes) is 3. The minimum atomic E-state index is -4.16. The van der Waals surface area contributed by atoms with Gasteiger partial charge in [0.05, 0.1) is 4.90 Å². The van der Waals surface area contributed by atoms with E-state index in [0.29, 0.717) is 0 Å². The molecule has 0 amide bonds. The van der Waals surface area contributed by atoms with Gasteiger partial charge in [-0.05, 0) is 41.5 Å². The molecule has 1 aliphatic heterocycles. The Hall–Kier alpha value is -0.520. The first-order chi connectivity index (χ1) is 11.0. The van der Waals surface area contributed by atoms with Gasteiger partial charge in [-0.1, -0.05) is 52.0 Å². The lowest BCUT2D eigenvalue weighted by Crippen LogP contribution is -2.11. The third-order valence-corrected chi connectivity index (χ3v) is 6.59. The van der Waals surface area contributed by atoms with Gasteiger partial charge in [0, 0.05) is 11.5 Å². The van der Waals surface area contributed by atoms with E-state index in [-0.39, 0.29) is 10.8 Å². The first-order valence-corrected chi connectivity index (χ1v) is 11.3. The van der Waals surface area contributed by atoms with Crippen molar-refractivity contribution in [3.8, 4) is 0 Å². The predicted molar refractivity (Wildman–Crippen MR) is 97.7 cm³/mol. The van der Waals surface area contributed by atoms with Crippen molar-refractivity contribution < 1.29 is 13.0 Å². The standard InChI is InChI=1S/C18H28O3S2/c1-3-5-7-9-14(8-6-4-2)18-16-13-22-12-15(16)10-11-17(18)23(19,20)21/h10-11,14H,3-9,12-13H2,1-2H3,(H,19,20,21). The fourth-order valence-corrected chi connectivity index (χ4v) is 5.40. The molecule has 1 atom stereocenters. The largest absolute Gasteiger partial charge is 0.294 e. The summed E-state index contributed by atoms with van der Waals surface area (Å²) < 4.78 is 33.5. The highest BCUT2D eigenvalue weighted by molar-refractivity contribution is 7.98. The molecule has 23 heavy (non-hydrogen) atoms. The van der Waals surface area contributed by atoms with Gasteiger partial charge in [0.25, 0.3) is 10.1 Å². The maximum absolute atomic E-state index is 11.9. The van der Waals surface area contributed by atoms with Crippen molar-refractivity contribution in [2.24, 2.45) is 0 Å². The van der Waals surface area contributed by atoms with Crippen molar-refractivity contribution in [3.05, 3.63) is 28.8 Å². The Kier molecular flexibility index (Phi) is 6.99. The van der Waals surface area contributed by atoms with E-state index in [1.54, 1.807) is 6.07 Å². The van der Waals surface area contributed by atoms with Crippen LogP contribution in [0.2, 0.25) is 0 Å². The lowest BCUT2D eigenvalue weighted by Gasteiger charge is -2.23. The highest BCUT2D eigenvalue weighted by Gasteiger charge is 2.28. The van der Waals surface area contributed by atoms with Crippen LogP contribution in [-0.2, 0) is 21.6 Å². The van der Waals surface area contributed by atoms with E-state index < -0.39 is 10.1 Å². The second-order valence-electron chi connectivity index (χ2n) is 6.42. The van der Waals surface area contributed by atoms with E-state index in [0.717, 1.165) is 55.6 Å². The molecule has 2 rings (SSSR count). The molecule has 0 aromatic heterocycles. The normalized spacial score (nSPS) is 15.6. The third-order valence-electron chi connectivity index (χ3n) is 4.67. The summed E-state index contributed by atoms with van der Waals surface area (Å²) in [4.78, 5) is 0.149. The number of benzene rings is 1. The summed E-state index contributed by atoms with van der Waals surface area (Å²) in [5.74, 6) is 2.06. The van der Waals surface area contributed by atoms with Crippen molar-refractivity contribution >= 4 is 21.9 Å². The Morgan fingerprint density at radius 3 is 2.43 bits per heavy atom. The van der Waals surface area contributed by atoms with Crippen LogP contribution in [0.3, 0.4) is 0 Å². The number of hydrogen-bond donors (Lipinski definition) is 1. The van der Waals surface area contributed by atoms with Crippen LogP contribution in [0.15, 0.2) is 17.0 Å². The molecule has 0 saturated heterocycles. The zero-order chi connectivity index (χ0) is 16.9. The molecule has 1 N–H and O–H groups in total. The third kappa shape index (κ3) is 4.74. The minimum absolute atomic E-state index is 0.149. The fourth-order valence-electron chi connectivity index (χ4n) is 3.45. The average Bonchev–Trinajstić information content (AvgIpc) is 2.97. The van der Waals surface area contributed by atoms with Gasteiger partial charge >= 0.3 is 0 Å². The molecule has 130 valence electrons. The van der Waals surface area contributed by atoms with Crippen molar-refractivity contribution in [3.63, 3.8) is 0 Å². The van der Waals surface area contributed by atoms with Crippen molar-refractivity contribution in [2.45, 2.75) is 81.1 Å². The lowest BCUT2D eigenvalue weighted by atomic mass is 9.85. The van der Waals surface area contributed by atoms with Crippen molar-refractivity contribution in [2.75, 3.05) is 0 Å². The molecular weight excluding hydrogens is 328 g/mol. The first-order valence-electron chi connectivity index (χ1n) is 8.68. The van der Waals surface area contributed by atoms with Crippen molar-refractivity contribution in [1.82, 2.24) is 0 Å². The summed E-state index contributed by atoms with van der Waals surface area (Å²) in [5.41, 5.74) is 3.33. The molecule has 0 spiro atoms. The monoisotopic (exact) mass is 356 g/mol. The fraction of sp³-hybridized carbons (Fsp3) is 0.667. The lowest BCUT2D eigenvalue weighted by molar-refractivity contribution is 0.472. The van der Waals surface area contributed by atoms with E-state index in [4.69, 9.17) is 0 Å². The van der Waals surface area contributed by atoms with Crippen LogP contribution in [0.25, 0.3) is 0 Å².